The summed E-state index contributed by atoms with van der Waals surface area (Å²) in [5, 5.41) is 2.56. The third-order valence-electron chi connectivity index (χ3n) is 5.12. The Bertz CT molecular complexity index is 1360. The van der Waals surface area contributed by atoms with Crippen LogP contribution in [0.2, 0.25) is 0 Å². The maximum Gasteiger partial charge on any atom is 0.281 e. The Morgan fingerprint density at radius 1 is 0.967 bits per heavy atom. The highest BCUT2D eigenvalue weighted by molar-refractivity contribution is 6.04. The van der Waals surface area contributed by atoms with Gasteiger partial charge in [-0.15, -0.1) is 0 Å². The van der Waals surface area contributed by atoms with Crippen molar-refractivity contribution in [1.82, 2.24) is 14.0 Å². The maximum absolute atomic E-state index is 13.1. The smallest absolute Gasteiger partial charge is 0.281 e. The summed E-state index contributed by atoms with van der Waals surface area (Å²) in [4.78, 5) is 42.9. The Kier molecular flexibility index (Phi) is 5.02. The monoisotopic (exact) mass is 400 g/mol. The molecule has 3 heterocycles. The number of anilines is 1. The Morgan fingerprint density at radius 3 is 2.47 bits per heavy atom. The number of benzene rings is 1. The molecule has 1 atom stereocenters. The molecule has 7 heteroatoms. The number of amides is 1. The Morgan fingerprint density at radius 2 is 1.70 bits per heavy atom. The highest BCUT2D eigenvalue weighted by Gasteiger charge is 2.20. The molecule has 0 spiro atoms. The topological polar surface area (TPSA) is 85.5 Å². The highest BCUT2D eigenvalue weighted by atomic mass is 16.2. The standard InChI is InChI=1S/C23H20N4O3/c1-15-11-13-26(16(2)17-8-4-3-5-9-17)23(30)20(15)21(28)25-18-14-24-19-10-6-7-12-27(19)22(18)29/h3-14,16H,1-2H3,(H,25,28). The van der Waals surface area contributed by atoms with Crippen molar-refractivity contribution in [2.75, 3.05) is 5.32 Å². The van der Waals surface area contributed by atoms with Crippen molar-refractivity contribution in [1.29, 1.82) is 0 Å². The number of pyridine rings is 2. The molecule has 1 amide bonds. The van der Waals surface area contributed by atoms with Crippen LogP contribution in [0, 0.1) is 6.92 Å². The number of nitrogens with one attached hydrogen (secondary N) is 1. The van der Waals surface area contributed by atoms with Crippen molar-refractivity contribution in [3.8, 4) is 0 Å². The molecule has 3 aromatic heterocycles. The van der Waals surface area contributed by atoms with Crippen molar-refractivity contribution in [2.24, 2.45) is 0 Å². The number of aryl methyl sites for hydroxylation is 1. The third-order valence-corrected chi connectivity index (χ3v) is 5.12. The van der Waals surface area contributed by atoms with E-state index in [-0.39, 0.29) is 17.3 Å². The van der Waals surface area contributed by atoms with Crippen LogP contribution in [0.5, 0.6) is 0 Å². The van der Waals surface area contributed by atoms with Crippen LogP contribution in [0.15, 0.2) is 82.8 Å². The summed E-state index contributed by atoms with van der Waals surface area (Å²) in [6.45, 7) is 3.59. The molecule has 0 bridgehead atoms. The fourth-order valence-corrected chi connectivity index (χ4v) is 3.41. The average molecular weight is 400 g/mol. The summed E-state index contributed by atoms with van der Waals surface area (Å²) in [6, 6.07) is 16.2. The zero-order chi connectivity index (χ0) is 21.3. The van der Waals surface area contributed by atoms with E-state index in [9.17, 15) is 14.4 Å². The number of rotatable bonds is 4. The van der Waals surface area contributed by atoms with E-state index in [0.29, 0.717) is 11.2 Å². The molecule has 0 radical (unpaired) electrons. The number of carbonyl (C=O) groups excluding carboxylic acids is 1. The van der Waals surface area contributed by atoms with Gasteiger partial charge in [0.1, 0.15) is 16.9 Å². The minimum Gasteiger partial charge on any atom is -0.316 e. The lowest BCUT2D eigenvalue weighted by atomic mass is 10.1. The summed E-state index contributed by atoms with van der Waals surface area (Å²) in [6.07, 6.45) is 4.56. The molecule has 30 heavy (non-hydrogen) atoms. The van der Waals surface area contributed by atoms with Gasteiger partial charge in [-0.2, -0.15) is 0 Å². The van der Waals surface area contributed by atoms with E-state index in [0.717, 1.165) is 5.56 Å². The first-order valence-electron chi connectivity index (χ1n) is 9.52. The van der Waals surface area contributed by atoms with Crippen molar-refractivity contribution < 1.29 is 4.79 Å². The van der Waals surface area contributed by atoms with Gasteiger partial charge < -0.3 is 9.88 Å². The van der Waals surface area contributed by atoms with Crippen LogP contribution in [-0.2, 0) is 0 Å². The van der Waals surface area contributed by atoms with E-state index in [1.807, 2.05) is 37.3 Å². The maximum atomic E-state index is 13.1. The van der Waals surface area contributed by atoms with Crippen LogP contribution in [-0.4, -0.2) is 19.9 Å². The molecular formula is C23H20N4O3. The van der Waals surface area contributed by atoms with Crippen LogP contribution in [0.25, 0.3) is 5.65 Å². The first kappa shape index (κ1) is 19.3. The first-order chi connectivity index (χ1) is 14.5. The molecule has 0 aliphatic rings. The molecule has 150 valence electrons. The largest absolute Gasteiger partial charge is 0.316 e. The van der Waals surface area contributed by atoms with Crippen molar-refractivity contribution >= 4 is 17.2 Å². The third kappa shape index (κ3) is 3.41. The molecule has 0 aliphatic carbocycles. The molecular weight excluding hydrogens is 380 g/mol. The van der Waals surface area contributed by atoms with Gasteiger partial charge in [0.25, 0.3) is 17.0 Å². The fourth-order valence-electron chi connectivity index (χ4n) is 3.41. The minimum atomic E-state index is -0.637. The minimum absolute atomic E-state index is 0.00200. The number of aromatic nitrogens is 3. The second kappa shape index (κ2) is 7.79. The van der Waals surface area contributed by atoms with Crippen LogP contribution in [0.1, 0.15) is 34.5 Å². The van der Waals surface area contributed by atoms with E-state index in [2.05, 4.69) is 10.3 Å². The summed E-state index contributed by atoms with van der Waals surface area (Å²) < 4.78 is 2.85. The van der Waals surface area contributed by atoms with Gasteiger partial charge in [-0.3, -0.25) is 18.8 Å². The van der Waals surface area contributed by atoms with Gasteiger partial charge in [-0.1, -0.05) is 36.4 Å². The van der Waals surface area contributed by atoms with E-state index >= 15 is 0 Å². The fraction of sp³-hybridized carbons (Fsp3) is 0.130. The van der Waals surface area contributed by atoms with Crippen LogP contribution in [0.3, 0.4) is 0 Å². The zero-order valence-electron chi connectivity index (χ0n) is 16.6. The lowest BCUT2D eigenvalue weighted by molar-refractivity contribution is 0.102. The van der Waals surface area contributed by atoms with E-state index in [1.165, 1.54) is 15.2 Å². The van der Waals surface area contributed by atoms with Crippen LogP contribution >= 0.6 is 0 Å². The van der Waals surface area contributed by atoms with E-state index < -0.39 is 17.0 Å². The van der Waals surface area contributed by atoms with Gasteiger partial charge in [0.15, 0.2) is 0 Å². The molecule has 0 saturated carbocycles. The van der Waals surface area contributed by atoms with Crippen LogP contribution < -0.4 is 16.4 Å². The summed E-state index contributed by atoms with van der Waals surface area (Å²) >= 11 is 0. The molecule has 1 N–H and O–H groups in total. The molecule has 0 aliphatic heterocycles. The van der Waals surface area contributed by atoms with Crippen molar-refractivity contribution in [3.05, 3.63) is 111 Å². The number of fused-ring (bicyclic) bond motifs is 1. The summed E-state index contributed by atoms with van der Waals surface area (Å²) in [7, 11) is 0. The number of hydrogen-bond donors (Lipinski definition) is 1. The normalized spacial score (nSPS) is 11.9. The van der Waals surface area contributed by atoms with Gasteiger partial charge in [0.2, 0.25) is 0 Å². The summed E-state index contributed by atoms with van der Waals surface area (Å²) in [5.74, 6) is -0.637. The van der Waals surface area contributed by atoms with Gasteiger partial charge in [0, 0.05) is 12.4 Å². The molecule has 1 unspecified atom stereocenters. The Balaban J connectivity index is 1.72. The van der Waals surface area contributed by atoms with Gasteiger partial charge >= 0.3 is 0 Å². The molecule has 7 nitrogen and oxygen atoms in total. The molecule has 4 rings (SSSR count). The highest BCUT2D eigenvalue weighted by Crippen LogP contribution is 2.17. The second-order valence-corrected chi connectivity index (χ2v) is 7.03. The average Bonchev–Trinajstić information content (AvgIpc) is 2.76. The van der Waals surface area contributed by atoms with Gasteiger partial charge in [-0.05, 0) is 43.2 Å². The molecule has 0 saturated heterocycles. The lowest BCUT2D eigenvalue weighted by Gasteiger charge is -2.17. The molecule has 0 fully saturated rings. The molecule has 4 aromatic rings. The van der Waals surface area contributed by atoms with E-state index in [4.69, 9.17) is 0 Å². The quantitative estimate of drug-likeness (QED) is 0.571. The van der Waals surface area contributed by atoms with Gasteiger partial charge in [-0.25, -0.2) is 4.98 Å². The first-order valence-corrected chi connectivity index (χ1v) is 9.52. The van der Waals surface area contributed by atoms with E-state index in [1.54, 1.807) is 43.6 Å². The SMILES string of the molecule is Cc1ccn(C(C)c2ccccc2)c(=O)c1C(=O)Nc1cnc2ccccn2c1=O. The van der Waals surface area contributed by atoms with Crippen molar-refractivity contribution in [3.63, 3.8) is 0 Å². The predicted octanol–water partition coefficient (Wildman–Crippen LogP) is 3.03. The lowest BCUT2D eigenvalue weighted by Crippen LogP contribution is -2.33. The predicted molar refractivity (Wildman–Crippen MR) is 115 cm³/mol. The van der Waals surface area contributed by atoms with Gasteiger partial charge in [0.05, 0.1) is 12.2 Å². The second-order valence-electron chi connectivity index (χ2n) is 7.03. The molecule has 1 aromatic carbocycles. The number of hydrogen-bond acceptors (Lipinski definition) is 4. The zero-order valence-corrected chi connectivity index (χ0v) is 16.6. The Hall–Kier alpha value is -4.00. The van der Waals surface area contributed by atoms with Crippen molar-refractivity contribution in [2.45, 2.75) is 19.9 Å². The Labute approximate surface area is 172 Å². The number of nitrogens with zero attached hydrogens (tertiary/aromatic N) is 3. The number of carbonyl (C=O) groups is 1. The van der Waals surface area contributed by atoms with Crippen LogP contribution in [0.4, 0.5) is 5.69 Å². The summed E-state index contributed by atoms with van der Waals surface area (Å²) in [5.41, 5.74) is 1.12.